The van der Waals surface area contributed by atoms with Crippen molar-refractivity contribution in [2.45, 2.75) is 6.04 Å². The van der Waals surface area contributed by atoms with Crippen molar-refractivity contribution in [2.24, 2.45) is 0 Å². The van der Waals surface area contributed by atoms with Gasteiger partial charge in [-0.3, -0.25) is 14.6 Å². The van der Waals surface area contributed by atoms with Crippen LogP contribution in [0.25, 0.3) is 0 Å². The molecule has 2 heterocycles. The zero-order valence-corrected chi connectivity index (χ0v) is 10.2. The summed E-state index contributed by atoms with van der Waals surface area (Å²) in [6.45, 7) is 1.69. The molecule has 18 heavy (non-hydrogen) atoms. The van der Waals surface area contributed by atoms with Crippen molar-refractivity contribution in [1.29, 1.82) is 0 Å². The summed E-state index contributed by atoms with van der Waals surface area (Å²) in [6, 6.07) is 2.96. The molecule has 96 valence electrons. The molecule has 6 heteroatoms. The molecule has 1 fully saturated rings. The van der Waals surface area contributed by atoms with E-state index in [-0.39, 0.29) is 11.8 Å². The molecular formula is C12H16N4O2. The lowest BCUT2D eigenvalue weighted by molar-refractivity contribution is -0.125. The van der Waals surface area contributed by atoms with Gasteiger partial charge in [0.1, 0.15) is 6.04 Å². The molecule has 1 aliphatic heterocycles. The van der Waals surface area contributed by atoms with Gasteiger partial charge in [0.05, 0.1) is 5.56 Å². The number of rotatable bonds is 2. The summed E-state index contributed by atoms with van der Waals surface area (Å²) >= 11 is 0. The maximum absolute atomic E-state index is 12.3. The highest BCUT2D eigenvalue weighted by Gasteiger charge is 2.31. The van der Waals surface area contributed by atoms with Gasteiger partial charge in [-0.25, -0.2) is 0 Å². The van der Waals surface area contributed by atoms with Crippen LogP contribution in [0.15, 0.2) is 24.5 Å². The Morgan fingerprint density at radius 3 is 3.06 bits per heavy atom. The van der Waals surface area contributed by atoms with E-state index in [0.29, 0.717) is 25.2 Å². The zero-order valence-electron chi connectivity index (χ0n) is 10.2. The van der Waals surface area contributed by atoms with Crippen LogP contribution in [0.2, 0.25) is 0 Å². The molecule has 2 amide bonds. The number of nitrogens with one attached hydrogen (secondary N) is 2. The molecule has 2 N–H and O–H groups in total. The minimum Gasteiger partial charge on any atom is -0.357 e. The van der Waals surface area contributed by atoms with Crippen molar-refractivity contribution in [3.8, 4) is 0 Å². The molecule has 2 rings (SSSR count). The SMILES string of the molecule is CNC(=O)C1CNCCN1C(=O)c1cccnc1. The Morgan fingerprint density at radius 1 is 1.56 bits per heavy atom. The van der Waals surface area contributed by atoms with E-state index in [9.17, 15) is 9.59 Å². The highest BCUT2D eigenvalue weighted by molar-refractivity contribution is 5.97. The summed E-state index contributed by atoms with van der Waals surface area (Å²) < 4.78 is 0. The second-order valence-corrected chi connectivity index (χ2v) is 4.07. The van der Waals surface area contributed by atoms with Crippen LogP contribution in [-0.2, 0) is 4.79 Å². The number of nitrogens with zero attached hydrogens (tertiary/aromatic N) is 2. The number of carbonyl (C=O) groups is 2. The van der Waals surface area contributed by atoms with Gasteiger partial charge in [-0.05, 0) is 12.1 Å². The summed E-state index contributed by atoms with van der Waals surface area (Å²) in [5.41, 5.74) is 0.508. The fourth-order valence-electron chi connectivity index (χ4n) is 2.00. The van der Waals surface area contributed by atoms with Crippen molar-refractivity contribution < 1.29 is 9.59 Å². The van der Waals surface area contributed by atoms with Crippen molar-refractivity contribution in [3.63, 3.8) is 0 Å². The van der Waals surface area contributed by atoms with E-state index in [4.69, 9.17) is 0 Å². The third-order valence-electron chi connectivity index (χ3n) is 2.96. The topological polar surface area (TPSA) is 74.3 Å². The van der Waals surface area contributed by atoms with E-state index >= 15 is 0 Å². The first kappa shape index (κ1) is 12.5. The van der Waals surface area contributed by atoms with E-state index in [0.717, 1.165) is 0 Å². The van der Waals surface area contributed by atoms with Gasteiger partial charge < -0.3 is 15.5 Å². The summed E-state index contributed by atoms with van der Waals surface area (Å²) in [4.78, 5) is 29.6. The standard InChI is InChI=1S/C12H16N4O2/c1-13-11(17)10-8-15-5-6-16(10)12(18)9-3-2-4-14-7-9/h2-4,7,10,15H,5-6,8H2,1H3,(H,13,17). The van der Waals surface area contributed by atoms with Crippen molar-refractivity contribution >= 4 is 11.8 Å². The third-order valence-corrected chi connectivity index (χ3v) is 2.96. The Balaban J connectivity index is 2.19. The van der Waals surface area contributed by atoms with E-state index < -0.39 is 6.04 Å². The van der Waals surface area contributed by atoms with Crippen LogP contribution < -0.4 is 10.6 Å². The van der Waals surface area contributed by atoms with Gasteiger partial charge in [0.25, 0.3) is 5.91 Å². The van der Waals surface area contributed by atoms with Crippen LogP contribution in [-0.4, -0.2) is 54.4 Å². The first-order valence-corrected chi connectivity index (χ1v) is 5.87. The number of hydrogen-bond donors (Lipinski definition) is 2. The third kappa shape index (κ3) is 2.48. The molecule has 0 aromatic carbocycles. The maximum atomic E-state index is 12.3. The number of pyridine rings is 1. The number of hydrogen-bond acceptors (Lipinski definition) is 4. The van der Waals surface area contributed by atoms with Crippen LogP contribution in [0, 0.1) is 0 Å². The Labute approximate surface area is 105 Å². The van der Waals surface area contributed by atoms with Crippen LogP contribution in [0.1, 0.15) is 10.4 Å². The normalized spacial score (nSPS) is 19.4. The Bertz CT molecular complexity index is 435. The molecule has 6 nitrogen and oxygen atoms in total. The lowest BCUT2D eigenvalue weighted by Crippen LogP contribution is -2.59. The predicted octanol–water partition coefficient (Wildman–Crippen LogP) is -0.758. The highest BCUT2D eigenvalue weighted by Crippen LogP contribution is 2.09. The van der Waals surface area contributed by atoms with Crippen LogP contribution >= 0.6 is 0 Å². The van der Waals surface area contributed by atoms with Gasteiger partial charge in [-0.1, -0.05) is 0 Å². The lowest BCUT2D eigenvalue weighted by Gasteiger charge is -2.34. The summed E-state index contributed by atoms with van der Waals surface area (Å²) in [7, 11) is 1.57. The van der Waals surface area contributed by atoms with Gasteiger partial charge in [0, 0.05) is 39.1 Å². The van der Waals surface area contributed by atoms with Crippen LogP contribution in [0.3, 0.4) is 0 Å². The maximum Gasteiger partial charge on any atom is 0.256 e. The highest BCUT2D eigenvalue weighted by atomic mass is 16.2. The van der Waals surface area contributed by atoms with Crippen LogP contribution in [0.4, 0.5) is 0 Å². The van der Waals surface area contributed by atoms with Gasteiger partial charge in [-0.15, -0.1) is 0 Å². The molecule has 1 saturated heterocycles. The van der Waals surface area contributed by atoms with Gasteiger partial charge in [0.2, 0.25) is 5.91 Å². The average molecular weight is 248 g/mol. The predicted molar refractivity (Wildman–Crippen MR) is 66.0 cm³/mol. The number of amides is 2. The second kappa shape index (κ2) is 5.59. The van der Waals surface area contributed by atoms with Crippen molar-refractivity contribution in [1.82, 2.24) is 20.5 Å². The zero-order chi connectivity index (χ0) is 13.0. The second-order valence-electron chi connectivity index (χ2n) is 4.07. The van der Waals surface area contributed by atoms with E-state index in [1.165, 1.54) is 6.20 Å². The first-order chi connectivity index (χ1) is 8.74. The Hall–Kier alpha value is -1.95. The molecule has 0 bridgehead atoms. The average Bonchev–Trinajstić information content (AvgIpc) is 2.46. The van der Waals surface area contributed by atoms with Gasteiger partial charge in [-0.2, -0.15) is 0 Å². The minimum atomic E-state index is -0.462. The van der Waals surface area contributed by atoms with Crippen molar-refractivity contribution in [3.05, 3.63) is 30.1 Å². The molecular weight excluding hydrogens is 232 g/mol. The smallest absolute Gasteiger partial charge is 0.256 e. The fourth-order valence-corrected chi connectivity index (χ4v) is 2.00. The van der Waals surface area contributed by atoms with Gasteiger partial charge >= 0.3 is 0 Å². The molecule has 1 aliphatic rings. The molecule has 0 aliphatic carbocycles. The summed E-state index contributed by atoms with van der Waals surface area (Å²) in [5, 5.41) is 5.70. The number of carbonyl (C=O) groups excluding carboxylic acids is 2. The summed E-state index contributed by atoms with van der Waals surface area (Å²) in [5.74, 6) is -0.308. The summed E-state index contributed by atoms with van der Waals surface area (Å²) in [6.07, 6.45) is 3.13. The Kier molecular flexibility index (Phi) is 3.88. The minimum absolute atomic E-state index is 0.153. The first-order valence-electron chi connectivity index (χ1n) is 5.87. The molecule has 1 unspecified atom stereocenters. The van der Waals surface area contributed by atoms with Gasteiger partial charge in [0.15, 0.2) is 0 Å². The molecule has 0 spiro atoms. The van der Waals surface area contributed by atoms with Crippen molar-refractivity contribution in [2.75, 3.05) is 26.7 Å². The van der Waals surface area contributed by atoms with Crippen LogP contribution in [0.5, 0.6) is 0 Å². The van der Waals surface area contributed by atoms with E-state index in [1.807, 2.05) is 0 Å². The Morgan fingerprint density at radius 2 is 2.39 bits per heavy atom. The molecule has 1 atom stereocenters. The van der Waals surface area contributed by atoms with E-state index in [2.05, 4.69) is 15.6 Å². The number of likely N-dealkylation sites (N-methyl/N-ethyl adjacent to an activating group) is 1. The quantitative estimate of drug-likeness (QED) is 0.721. The fraction of sp³-hybridized carbons (Fsp3) is 0.417. The monoisotopic (exact) mass is 248 g/mol. The molecule has 0 saturated carbocycles. The lowest BCUT2D eigenvalue weighted by atomic mass is 10.1. The molecule has 0 radical (unpaired) electrons. The van der Waals surface area contributed by atoms with E-state index in [1.54, 1.807) is 30.3 Å². The largest absolute Gasteiger partial charge is 0.357 e. The molecule has 1 aromatic heterocycles. The number of piperazine rings is 1. The number of aromatic nitrogens is 1. The molecule has 1 aromatic rings.